The van der Waals surface area contributed by atoms with Gasteiger partial charge in [0.25, 0.3) is 0 Å². The van der Waals surface area contributed by atoms with E-state index in [-0.39, 0.29) is 0 Å². The van der Waals surface area contributed by atoms with Crippen molar-refractivity contribution in [1.82, 2.24) is 19.9 Å². The van der Waals surface area contributed by atoms with Crippen molar-refractivity contribution in [2.24, 2.45) is 11.8 Å². The molecule has 2 aromatic heterocycles. The molecule has 0 bridgehead atoms. The van der Waals surface area contributed by atoms with Gasteiger partial charge < -0.3 is 9.80 Å². The molecule has 6 nitrogen and oxygen atoms in total. The van der Waals surface area contributed by atoms with Crippen LogP contribution in [0.25, 0.3) is 0 Å². The Morgan fingerprint density at radius 1 is 0.963 bits per heavy atom. The molecule has 0 amide bonds. The van der Waals surface area contributed by atoms with Crippen molar-refractivity contribution in [2.45, 2.75) is 46.0 Å². The van der Waals surface area contributed by atoms with Crippen LogP contribution in [0.2, 0.25) is 0 Å². The van der Waals surface area contributed by atoms with E-state index in [0.29, 0.717) is 17.8 Å². The molecule has 4 heterocycles. The lowest BCUT2D eigenvalue weighted by atomic mass is 10.0. The molecule has 5 rings (SSSR count). The molecule has 2 aromatic rings. The van der Waals surface area contributed by atoms with E-state index in [2.05, 4.69) is 44.7 Å². The first-order valence-corrected chi connectivity index (χ1v) is 10.3. The maximum absolute atomic E-state index is 4.84. The summed E-state index contributed by atoms with van der Waals surface area (Å²) in [5.41, 5.74) is 3.83. The summed E-state index contributed by atoms with van der Waals surface area (Å²) in [7, 11) is 0. The molecule has 142 valence electrons. The first kappa shape index (κ1) is 16.9. The fraction of sp³-hybridized carbons (Fsp3) is 0.619. The summed E-state index contributed by atoms with van der Waals surface area (Å²) in [6, 6.07) is 2.17. The molecule has 0 N–H and O–H groups in total. The second kappa shape index (κ2) is 6.43. The van der Waals surface area contributed by atoms with Crippen LogP contribution < -0.4 is 9.80 Å². The third-order valence-electron chi connectivity index (χ3n) is 6.40. The van der Waals surface area contributed by atoms with Crippen LogP contribution >= 0.6 is 0 Å². The monoisotopic (exact) mass is 364 g/mol. The van der Waals surface area contributed by atoms with Crippen molar-refractivity contribution in [3.8, 4) is 0 Å². The Morgan fingerprint density at radius 2 is 1.70 bits per heavy atom. The summed E-state index contributed by atoms with van der Waals surface area (Å²) in [6.45, 7) is 10.8. The van der Waals surface area contributed by atoms with Crippen LogP contribution in [-0.4, -0.2) is 46.1 Å². The van der Waals surface area contributed by atoms with E-state index in [1.165, 1.54) is 23.5 Å². The molecule has 0 aromatic carbocycles. The van der Waals surface area contributed by atoms with Gasteiger partial charge in [-0.3, -0.25) is 0 Å². The normalized spacial score (nSPS) is 24.0. The van der Waals surface area contributed by atoms with E-state index in [4.69, 9.17) is 4.98 Å². The molecular weight excluding hydrogens is 336 g/mol. The van der Waals surface area contributed by atoms with Crippen LogP contribution in [0.3, 0.4) is 0 Å². The van der Waals surface area contributed by atoms with Crippen molar-refractivity contribution in [3.05, 3.63) is 35.2 Å². The number of aromatic nitrogens is 4. The second-order valence-electron chi connectivity index (χ2n) is 8.66. The molecule has 3 aliphatic rings. The van der Waals surface area contributed by atoms with E-state index in [9.17, 15) is 0 Å². The molecule has 0 radical (unpaired) electrons. The van der Waals surface area contributed by atoms with Gasteiger partial charge in [0.2, 0.25) is 0 Å². The van der Waals surface area contributed by atoms with Gasteiger partial charge in [0.15, 0.2) is 0 Å². The molecule has 2 unspecified atom stereocenters. The number of hydrogen-bond donors (Lipinski definition) is 0. The first-order valence-electron chi connectivity index (χ1n) is 10.3. The molecular formula is C21H28N6. The number of nitrogens with zero attached hydrogens (tertiary/aromatic N) is 6. The predicted octanol–water partition coefficient (Wildman–Crippen LogP) is 2.76. The Balaban J connectivity index is 1.33. The van der Waals surface area contributed by atoms with Gasteiger partial charge >= 0.3 is 0 Å². The molecule has 6 heteroatoms. The van der Waals surface area contributed by atoms with Gasteiger partial charge in [-0.2, -0.15) is 0 Å². The van der Waals surface area contributed by atoms with Crippen LogP contribution in [0.4, 0.5) is 11.6 Å². The van der Waals surface area contributed by atoms with Crippen LogP contribution in [0.1, 0.15) is 49.0 Å². The lowest BCUT2D eigenvalue weighted by Crippen LogP contribution is -2.30. The zero-order valence-electron chi connectivity index (χ0n) is 16.5. The smallest absolute Gasteiger partial charge is 0.135 e. The van der Waals surface area contributed by atoms with Crippen LogP contribution in [0, 0.1) is 18.8 Å². The zero-order chi connectivity index (χ0) is 18.5. The third kappa shape index (κ3) is 2.95. The summed E-state index contributed by atoms with van der Waals surface area (Å²) >= 11 is 0. The predicted molar refractivity (Wildman–Crippen MR) is 106 cm³/mol. The Bertz CT molecular complexity index is 850. The van der Waals surface area contributed by atoms with Crippen molar-refractivity contribution in [3.63, 3.8) is 0 Å². The van der Waals surface area contributed by atoms with Crippen molar-refractivity contribution < 1.29 is 0 Å². The molecule has 2 aliphatic heterocycles. The minimum atomic E-state index is 0.437. The molecule has 0 spiro atoms. The number of rotatable bonds is 3. The Labute approximate surface area is 161 Å². The van der Waals surface area contributed by atoms with Gasteiger partial charge in [0.05, 0.1) is 0 Å². The number of aryl methyl sites for hydroxylation is 2. The minimum absolute atomic E-state index is 0.437. The van der Waals surface area contributed by atoms with Gasteiger partial charge in [-0.05, 0) is 32.1 Å². The van der Waals surface area contributed by atoms with Crippen molar-refractivity contribution in [1.29, 1.82) is 0 Å². The standard InChI is InChI=1S/C21H28N6/c1-13(2)19-7-20(23-12-22-19)26-8-15-10-27(11-16(15)9-26)21-17-5-4-6-18(17)24-14(3)25-21/h7,12-13,15-16H,4-6,8-11H2,1-3H3. The van der Waals surface area contributed by atoms with Crippen LogP contribution in [-0.2, 0) is 12.8 Å². The summed E-state index contributed by atoms with van der Waals surface area (Å²) in [5, 5.41) is 0. The van der Waals surface area contributed by atoms with Crippen LogP contribution in [0.5, 0.6) is 0 Å². The van der Waals surface area contributed by atoms with Gasteiger partial charge in [0.1, 0.15) is 23.8 Å². The maximum atomic E-state index is 4.84. The summed E-state index contributed by atoms with van der Waals surface area (Å²) < 4.78 is 0. The van der Waals surface area contributed by atoms with E-state index < -0.39 is 0 Å². The van der Waals surface area contributed by atoms with Gasteiger partial charge in [-0.25, -0.2) is 19.9 Å². The Kier molecular flexibility index (Phi) is 4.02. The molecule has 1 aliphatic carbocycles. The van der Waals surface area contributed by atoms with Gasteiger partial charge in [0, 0.05) is 61.0 Å². The quantitative estimate of drug-likeness (QED) is 0.835. The summed E-state index contributed by atoms with van der Waals surface area (Å²) in [5.74, 6) is 5.05. The largest absolute Gasteiger partial charge is 0.356 e. The molecule has 27 heavy (non-hydrogen) atoms. The molecule has 2 saturated heterocycles. The average molecular weight is 364 g/mol. The fourth-order valence-electron chi connectivity index (χ4n) is 5.00. The zero-order valence-corrected chi connectivity index (χ0v) is 16.5. The topological polar surface area (TPSA) is 58.0 Å². The third-order valence-corrected chi connectivity index (χ3v) is 6.40. The second-order valence-corrected chi connectivity index (χ2v) is 8.66. The van der Waals surface area contributed by atoms with Gasteiger partial charge in [-0.15, -0.1) is 0 Å². The summed E-state index contributed by atoms with van der Waals surface area (Å²) in [6.07, 6.45) is 5.20. The maximum Gasteiger partial charge on any atom is 0.135 e. The van der Waals surface area contributed by atoms with E-state index in [1.807, 2.05) is 6.92 Å². The lowest BCUT2D eigenvalue weighted by molar-refractivity contribution is 0.533. The highest BCUT2D eigenvalue weighted by molar-refractivity contribution is 5.53. The first-order chi connectivity index (χ1) is 13.1. The highest BCUT2D eigenvalue weighted by Crippen LogP contribution is 2.38. The SMILES string of the molecule is Cc1nc2c(c(N3CC4CN(c5cc(C(C)C)ncn5)CC4C3)n1)CCC2. The van der Waals surface area contributed by atoms with E-state index in [0.717, 1.165) is 56.4 Å². The number of fused-ring (bicyclic) bond motifs is 2. The van der Waals surface area contributed by atoms with Crippen molar-refractivity contribution >= 4 is 11.6 Å². The number of anilines is 2. The Hall–Kier alpha value is -2.24. The lowest BCUT2D eigenvalue weighted by Gasteiger charge is -2.25. The summed E-state index contributed by atoms with van der Waals surface area (Å²) in [4.78, 5) is 23.5. The van der Waals surface area contributed by atoms with Crippen LogP contribution in [0.15, 0.2) is 12.4 Å². The molecule has 2 atom stereocenters. The molecule has 2 fully saturated rings. The van der Waals surface area contributed by atoms with Gasteiger partial charge in [-0.1, -0.05) is 13.8 Å². The van der Waals surface area contributed by atoms with Crippen molar-refractivity contribution in [2.75, 3.05) is 36.0 Å². The fourth-order valence-corrected chi connectivity index (χ4v) is 5.00. The average Bonchev–Trinajstić information content (AvgIpc) is 3.35. The van der Waals surface area contributed by atoms with E-state index in [1.54, 1.807) is 6.33 Å². The number of hydrogen-bond acceptors (Lipinski definition) is 6. The highest BCUT2D eigenvalue weighted by atomic mass is 15.3. The molecule has 0 saturated carbocycles. The highest BCUT2D eigenvalue weighted by Gasteiger charge is 2.42. The van der Waals surface area contributed by atoms with E-state index >= 15 is 0 Å². The Morgan fingerprint density at radius 3 is 2.44 bits per heavy atom. The minimum Gasteiger partial charge on any atom is -0.356 e.